The summed E-state index contributed by atoms with van der Waals surface area (Å²) in [5.41, 5.74) is 4.28. The van der Waals surface area contributed by atoms with Gasteiger partial charge in [-0.15, -0.1) is 0 Å². The molecule has 0 unspecified atom stereocenters. The molecule has 1 N–H and O–H groups in total. The highest BCUT2D eigenvalue weighted by Crippen LogP contribution is 2.21. The molecule has 0 saturated carbocycles. The van der Waals surface area contributed by atoms with Gasteiger partial charge in [-0.25, -0.2) is 9.36 Å². The summed E-state index contributed by atoms with van der Waals surface area (Å²) in [4.78, 5) is 11.3. The van der Waals surface area contributed by atoms with Crippen molar-refractivity contribution in [2.24, 2.45) is 7.05 Å². The summed E-state index contributed by atoms with van der Waals surface area (Å²) in [5.74, 6) is -0.674. The second-order valence-electron chi connectivity index (χ2n) is 4.66. The summed E-state index contributed by atoms with van der Waals surface area (Å²) < 4.78 is 3.34. The van der Waals surface area contributed by atoms with Crippen molar-refractivity contribution in [3.8, 4) is 5.69 Å². The molecular weight excluding hydrogens is 228 g/mol. The van der Waals surface area contributed by atoms with Crippen molar-refractivity contribution in [1.82, 2.24) is 4.57 Å². The van der Waals surface area contributed by atoms with Crippen LogP contribution < -0.4 is 4.57 Å². The summed E-state index contributed by atoms with van der Waals surface area (Å²) in [6.45, 7) is 6.04. The Hall–Kier alpha value is -2.10. The van der Waals surface area contributed by atoms with Crippen LogP contribution in [0.1, 0.15) is 27.3 Å². The smallest absolute Gasteiger partial charge is 0.420 e. The summed E-state index contributed by atoms with van der Waals surface area (Å²) in [6.07, 6.45) is 3.54. The number of imidazole rings is 1. The third-order valence-electron chi connectivity index (χ3n) is 3.07. The lowest BCUT2D eigenvalue weighted by Crippen LogP contribution is -2.35. The summed E-state index contributed by atoms with van der Waals surface area (Å²) in [6, 6.07) is 4.13. The minimum atomic E-state index is -0.929. The van der Waals surface area contributed by atoms with Gasteiger partial charge in [0.2, 0.25) is 0 Å². The summed E-state index contributed by atoms with van der Waals surface area (Å²) in [5, 5.41) is 9.29. The second kappa shape index (κ2) is 4.29. The zero-order valence-electron chi connectivity index (χ0n) is 11.1. The topological polar surface area (TPSA) is 46.1 Å². The Morgan fingerprint density at radius 3 is 2.28 bits per heavy atom. The molecule has 0 saturated heterocycles. The second-order valence-corrected chi connectivity index (χ2v) is 4.66. The van der Waals surface area contributed by atoms with Crippen LogP contribution in [0.4, 0.5) is 0 Å². The highest BCUT2D eigenvalue weighted by molar-refractivity contribution is 5.83. The number of hydrogen-bond donors (Lipinski definition) is 1. The Morgan fingerprint density at radius 2 is 1.78 bits per heavy atom. The number of nitrogens with zero attached hydrogens (tertiary/aromatic N) is 2. The predicted molar refractivity (Wildman–Crippen MR) is 68.1 cm³/mol. The van der Waals surface area contributed by atoms with E-state index in [4.69, 9.17) is 0 Å². The van der Waals surface area contributed by atoms with Crippen LogP contribution in [0.5, 0.6) is 0 Å². The first-order valence-corrected chi connectivity index (χ1v) is 5.80. The van der Waals surface area contributed by atoms with E-state index in [0.29, 0.717) is 0 Å². The fourth-order valence-corrected chi connectivity index (χ4v) is 2.46. The van der Waals surface area contributed by atoms with Crippen molar-refractivity contribution in [2.75, 3.05) is 0 Å². The van der Waals surface area contributed by atoms with Gasteiger partial charge in [0.1, 0.15) is 18.1 Å². The molecule has 18 heavy (non-hydrogen) atoms. The van der Waals surface area contributed by atoms with E-state index in [1.807, 2.05) is 20.8 Å². The molecule has 2 rings (SSSR count). The van der Waals surface area contributed by atoms with Gasteiger partial charge in [0.15, 0.2) is 0 Å². The molecule has 0 amide bonds. The van der Waals surface area contributed by atoms with Gasteiger partial charge in [0, 0.05) is 0 Å². The number of aryl methyl sites for hydroxylation is 4. The van der Waals surface area contributed by atoms with Gasteiger partial charge in [-0.2, -0.15) is 4.57 Å². The van der Waals surface area contributed by atoms with E-state index < -0.39 is 5.97 Å². The Labute approximate surface area is 106 Å². The van der Waals surface area contributed by atoms with E-state index in [1.54, 1.807) is 28.6 Å². The lowest BCUT2D eigenvalue weighted by molar-refractivity contribution is -0.673. The van der Waals surface area contributed by atoms with Crippen molar-refractivity contribution in [1.29, 1.82) is 0 Å². The van der Waals surface area contributed by atoms with Crippen LogP contribution in [0.3, 0.4) is 0 Å². The third kappa shape index (κ3) is 1.90. The number of aromatic nitrogens is 2. The van der Waals surface area contributed by atoms with Gasteiger partial charge < -0.3 is 5.11 Å². The van der Waals surface area contributed by atoms with Crippen molar-refractivity contribution in [3.63, 3.8) is 0 Å². The molecule has 0 aliphatic heterocycles. The maximum Gasteiger partial charge on any atom is 0.420 e. The molecule has 0 fully saturated rings. The standard InChI is InChI=1S/C14H16N2O2/c1-9-7-10(2)12(11(3)8-9)16-6-5-15(4)13(16)14(17)18/h5-8H,1-4H3/p+1. The SMILES string of the molecule is Cc1cc(C)c(-n2cc[n+](C)c2C(=O)O)c(C)c1. The maximum absolute atomic E-state index is 11.3. The first kappa shape index (κ1) is 12.4. The first-order valence-electron chi connectivity index (χ1n) is 5.80. The van der Waals surface area contributed by atoms with E-state index in [-0.39, 0.29) is 5.82 Å². The average molecular weight is 245 g/mol. The molecular formula is C14H17N2O2+. The summed E-state index contributed by atoms with van der Waals surface area (Å²) in [7, 11) is 1.73. The number of benzene rings is 1. The lowest BCUT2D eigenvalue weighted by atomic mass is 10.0. The highest BCUT2D eigenvalue weighted by atomic mass is 16.4. The Morgan fingerprint density at radius 1 is 1.22 bits per heavy atom. The number of carboxylic acids is 1. The van der Waals surface area contributed by atoms with Gasteiger partial charge in [-0.05, 0) is 31.9 Å². The highest BCUT2D eigenvalue weighted by Gasteiger charge is 2.25. The van der Waals surface area contributed by atoms with Crippen LogP contribution >= 0.6 is 0 Å². The Balaban J connectivity index is 2.74. The molecule has 94 valence electrons. The minimum absolute atomic E-state index is 0.255. The molecule has 0 atom stereocenters. The van der Waals surface area contributed by atoms with E-state index in [2.05, 4.69) is 12.1 Å². The Bertz CT molecular complexity index is 604. The molecule has 1 aromatic heterocycles. The molecule has 0 aliphatic rings. The molecule has 4 nitrogen and oxygen atoms in total. The van der Waals surface area contributed by atoms with Crippen LogP contribution in [-0.4, -0.2) is 15.6 Å². The van der Waals surface area contributed by atoms with Crippen LogP contribution in [0.25, 0.3) is 5.69 Å². The van der Waals surface area contributed by atoms with E-state index in [1.165, 1.54) is 5.56 Å². The van der Waals surface area contributed by atoms with Crippen LogP contribution in [-0.2, 0) is 7.05 Å². The van der Waals surface area contributed by atoms with E-state index in [0.717, 1.165) is 16.8 Å². The van der Waals surface area contributed by atoms with Gasteiger partial charge in [-0.3, -0.25) is 0 Å². The fraction of sp³-hybridized carbons (Fsp3) is 0.286. The predicted octanol–water partition coefficient (Wildman–Crippen LogP) is 1.93. The molecule has 0 spiro atoms. The third-order valence-corrected chi connectivity index (χ3v) is 3.07. The lowest BCUT2D eigenvalue weighted by Gasteiger charge is -2.08. The molecule has 1 aromatic carbocycles. The first-order chi connectivity index (χ1) is 8.41. The van der Waals surface area contributed by atoms with Crippen molar-refractivity contribution < 1.29 is 14.5 Å². The van der Waals surface area contributed by atoms with Crippen molar-refractivity contribution in [3.05, 3.63) is 47.0 Å². The number of carbonyl (C=O) groups is 1. The normalized spacial score (nSPS) is 10.7. The fourth-order valence-electron chi connectivity index (χ4n) is 2.46. The van der Waals surface area contributed by atoms with E-state index in [9.17, 15) is 9.90 Å². The van der Waals surface area contributed by atoms with Gasteiger partial charge >= 0.3 is 11.8 Å². The molecule has 0 aliphatic carbocycles. The zero-order chi connectivity index (χ0) is 13.4. The summed E-state index contributed by atoms with van der Waals surface area (Å²) >= 11 is 0. The van der Waals surface area contributed by atoms with Crippen molar-refractivity contribution in [2.45, 2.75) is 20.8 Å². The maximum atomic E-state index is 11.3. The van der Waals surface area contributed by atoms with Crippen LogP contribution in [0, 0.1) is 20.8 Å². The quantitative estimate of drug-likeness (QED) is 0.822. The van der Waals surface area contributed by atoms with Gasteiger partial charge in [0.05, 0.1) is 7.05 Å². The molecule has 0 bridgehead atoms. The van der Waals surface area contributed by atoms with Crippen molar-refractivity contribution >= 4 is 5.97 Å². The van der Waals surface area contributed by atoms with Gasteiger partial charge in [-0.1, -0.05) is 17.7 Å². The number of hydrogen-bond acceptors (Lipinski definition) is 1. The molecule has 1 heterocycles. The molecule has 0 radical (unpaired) electrons. The molecule has 4 heteroatoms. The van der Waals surface area contributed by atoms with Crippen LogP contribution in [0.2, 0.25) is 0 Å². The zero-order valence-corrected chi connectivity index (χ0v) is 11.1. The molecule has 2 aromatic rings. The number of aromatic carboxylic acids is 1. The number of carboxylic acid groups (broad SMARTS) is 1. The van der Waals surface area contributed by atoms with Crippen LogP contribution in [0.15, 0.2) is 24.5 Å². The monoisotopic (exact) mass is 245 g/mol. The minimum Gasteiger partial charge on any atom is -0.472 e. The average Bonchev–Trinajstić information content (AvgIpc) is 2.58. The van der Waals surface area contributed by atoms with Gasteiger partial charge in [0.25, 0.3) is 0 Å². The largest absolute Gasteiger partial charge is 0.472 e. The Kier molecular flexibility index (Phi) is 2.95. The number of rotatable bonds is 2. The van der Waals surface area contributed by atoms with E-state index >= 15 is 0 Å².